The Bertz CT molecular complexity index is 682. The third kappa shape index (κ3) is 2.72. The minimum absolute atomic E-state index is 0.0559. The predicted octanol–water partition coefficient (Wildman–Crippen LogP) is 3.23. The van der Waals surface area contributed by atoms with E-state index in [-0.39, 0.29) is 11.4 Å². The normalized spacial score (nSPS) is 14.8. The molecule has 2 heterocycles. The molecule has 114 valence electrons. The lowest BCUT2D eigenvalue weighted by Crippen LogP contribution is -2.30. The number of aromatic nitrogens is 1. The average molecular weight is 298 g/mol. The molecule has 1 saturated heterocycles. The van der Waals surface area contributed by atoms with Crippen molar-refractivity contribution in [1.29, 1.82) is 0 Å². The number of hydrogen-bond acceptors (Lipinski definition) is 5. The summed E-state index contributed by atoms with van der Waals surface area (Å²) in [4.78, 5) is 17.1. The molecule has 0 bridgehead atoms. The molecule has 0 atom stereocenters. The van der Waals surface area contributed by atoms with Gasteiger partial charge in [-0.2, -0.15) is 0 Å². The number of rotatable bonds is 3. The van der Waals surface area contributed by atoms with E-state index in [4.69, 9.17) is 5.73 Å². The van der Waals surface area contributed by atoms with Crippen molar-refractivity contribution in [3.05, 3.63) is 46.8 Å². The molecule has 2 N–H and O–H groups in total. The molecule has 3 rings (SSSR count). The lowest BCUT2D eigenvalue weighted by Gasteiger charge is -2.30. The SMILES string of the molecule is Nc1cc(N2CCCCC2)c(-c2cccnc2)cc1[N+](=O)[O-]. The Kier molecular flexibility index (Phi) is 3.91. The Morgan fingerprint density at radius 3 is 2.64 bits per heavy atom. The number of nitrogen functional groups attached to an aromatic ring is 1. The molecule has 1 aromatic heterocycles. The fraction of sp³-hybridized carbons (Fsp3) is 0.312. The summed E-state index contributed by atoms with van der Waals surface area (Å²) in [6.07, 6.45) is 6.90. The Hall–Kier alpha value is -2.63. The summed E-state index contributed by atoms with van der Waals surface area (Å²) in [5.41, 5.74) is 8.68. The minimum Gasteiger partial charge on any atom is -0.393 e. The number of benzene rings is 1. The summed E-state index contributed by atoms with van der Waals surface area (Å²) >= 11 is 0. The van der Waals surface area contributed by atoms with Crippen LogP contribution >= 0.6 is 0 Å². The second kappa shape index (κ2) is 6.01. The van der Waals surface area contributed by atoms with E-state index < -0.39 is 4.92 Å². The van der Waals surface area contributed by atoms with E-state index in [2.05, 4.69) is 9.88 Å². The number of pyridine rings is 1. The van der Waals surface area contributed by atoms with Crippen molar-refractivity contribution in [2.75, 3.05) is 23.7 Å². The average Bonchev–Trinajstić information content (AvgIpc) is 2.56. The lowest BCUT2D eigenvalue weighted by molar-refractivity contribution is -0.383. The third-order valence-electron chi connectivity index (χ3n) is 4.01. The second-order valence-corrected chi connectivity index (χ2v) is 5.47. The predicted molar refractivity (Wildman–Crippen MR) is 86.8 cm³/mol. The summed E-state index contributed by atoms with van der Waals surface area (Å²) in [6.45, 7) is 1.90. The van der Waals surface area contributed by atoms with Crippen molar-refractivity contribution in [1.82, 2.24) is 4.98 Å². The van der Waals surface area contributed by atoms with E-state index in [1.165, 1.54) is 6.42 Å². The van der Waals surface area contributed by atoms with Crippen LogP contribution in [0.5, 0.6) is 0 Å². The Labute approximate surface area is 128 Å². The van der Waals surface area contributed by atoms with Gasteiger partial charge in [0.25, 0.3) is 5.69 Å². The van der Waals surface area contributed by atoms with Gasteiger partial charge in [-0.25, -0.2) is 0 Å². The molecule has 1 aliphatic rings. The summed E-state index contributed by atoms with van der Waals surface area (Å²) in [5, 5.41) is 11.2. The van der Waals surface area contributed by atoms with Gasteiger partial charge in [-0.15, -0.1) is 0 Å². The number of nitro groups is 1. The molecule has 1 aromatic carbocycles. The monoisotopic (exact) mass is 298 g/mol. The van der Waals surface area contributed by atoms with Gasteiger partial charge >= 0.3 is 0 Å². The zero-order valence-corrected chi connectivity index (χ0v) is 12.2. The topological polar surface area (TPSA) is 85.3 Å². The highest BCUT2D eigenvalue weighted by atomic mass is 16.6. The molecule has 1 fully saturated rings. The van der Waals surface area contributed by atoms with Gasteiger partial charge in [-0.3, -0.25) is 15.1 Å². The smallest absolute Gasteiger partial charge is 0.292 e. The Morgan fingerprint density at radius 2 is 2.00 bits per heavy atom. The Morgan fingerprint density at radius 1 is 1.23 bits per heavy atom. The molecule has 0 amide bonds. The molecule has 2 aromatic rings. The lowest BCUT2D eigenvalue weighted by atomic mass is 10.0. The van der Waals surface area contributed by atoms with Crippen LogP contribution in [0.15, 0.2) is 36.7 Å². The maximum absolute atomic E-state index is 11.2. The van der Waals surface area contributed by atoms with Crippen molar-refractivity contribution in [3.8, 4) is 11.1 Å². The first-order chi connectivity index (χ1) is 10.7. The number of nitrogens with two attached hydrogens (primary N) is 1. The molecule has 0 saturated carbocycles. The standard InChI is InChI=1S/C16H18N4O2/c17-14-10-15(19-7-2-1-3-8-19)13(9-16(14)20(21)22)12-5-4-6-18-11-12/h4-6,9-11H,1-3,7-8,17H2. The van der Waals surface area contributed by atoms with Crippen molar-refractivity contribution in [3.63, 3.8) is 0 Å². The molecular weight excluding hydrogens is 280 g/mol. The van der Waals surface area contributed by atoms with E-state index in [1.54, 1.807) is 24.5 Å². The van der Waals surface area contributed by atoms with Crippen LogP contribution in [0, 0.1) is 10.1 Å². The molecule has 6 heteroatoms. The molecule has 1 aliphatic heterocycles. The van der Waals surface area contributed by atoms with Crippen molar-refractivity contribution in [2.24, 2.45) is 0 Å². The van der Waals surface area contributed by atoms with Crippen LogP contribution in [0.4, 0.5) is 17.1 Å². The van der Waals surface area contributed by atoms with Gasteiger partial charge in [0.2, 0.25) is 0 Å². The largest absolute Gasteiger partial charge is 0.393 e. The van der Waals surface area contributed by atoms with Gasteiger partial charge < -0.3 is 10.6 Å². The van der Waals surface area contributed by atoms with Gasteiger partial charge in [0, 0.05) is 48.4 Å². The van der Waals surface area contributed by atoms with Gasteiger partial charge in [-0.1, -0.05) is 6.07 Å². The summed E-state index contributed by atoms with van der Waals surface area (Å²) in [6, 6.07) is 7.04. The van der Waals surface area contributed by atoms with Crippen LogP contribution in [0.3, 0.4) is 0 Å². The van der Waals surface area contributed by atoms with Crippen molar-refractivity contribution < 1.29 is 4.92 Å². The van der Waals surface area contributed by atoms with Gasteiger partial charge in [0.1, 0.15) is 5.69 Å². The van der Waals surface area contributed by atoms with E-state index in [9.17, 15) is 10.1 Å². The molecule has 22 heavy (non-hydrogen) atoms. The Balaban J connectivity index is 2.14. The van der Waals surface area contributed by atoms with Crippen LogP contribution in [0.2, 0.25) is 0 Å². The number of piperidine rings is 1. The first-order valence-electron chi connectivity index (χ1n) is 7.40. The minimum atomic E-state index is -0.435. The fourth-order valence-corrected chi connectivity index (χ4v) is 2.90. The molecular formula is C16H18N4O2. The highest BCUT2D eigenvalue weighted by Crippen LogP contribution is 2.38. The number of nitrogens with zero attached hydrogens (tertiary/aromatic N) is 3. The van der Waals surface area contributed by atoms with Gasteiger partial charge in [0.05, 0.1) is 4.92 Å². The molecule has 0 unspecified atom stereocenters. The summed E-state index contributed by atoms with van der Waals surface area (Å²) < 4.78 is 0. The fourth-order valence-electron chi connectivity index (χ4n) is 2.90. The van der Waals surface area contributed by atoms with Crippen LogP contribution < -0.4 is 10.6 Å². The first-order valence-corrected chi connectivity index (χ1v) is 7.40. The quantitative estimate of drug-likeness (QED) is 0.534. The maximum atomic E-state index is 11.2. The zero-order valence-electron chi connectivity index (χ0n) is 12.2. The van der Waals surface area contributed by atoms with Crippen LogP contribution in [0.25, 0.3) is 11.1 Å². The van der Waals surface area contributed by atoms with Crippen LogP contribution in [-0.2, 0) is 0 Å². The van der Waals surface area contributed by atoms with Gasteiger partial charge in [0.15, 0.2) is 0 Å². The summed E-state index contributed by atoms with van der Waals surface area (Å²) in [5.74, 6) is 0. The van der Waals surface area contributed by atoms with E-state index in [1.807, 2.05) is 12.1 Å². The van der Waals surface area contributed by atoms with Crippen LogP contribution in [-0.4, -0.2) is 23.0 Å². The molecule has 0 aliphatic carbocycles. The molecule has 6 nitrogen and oxygen atoms in total. The number of hydrogen-bond donors (Lipinski definition) is 1. The molecule has 0 radical (unpaired) electrons. The summed E-state index contributed by atoms with van der Waals surface area (Å²) in [7, 11) is 0. The van der Waals surface area contributed by atoms with Gasteiger partial charge in [-0.05, 0) is 31.4 Å². The van der Waals surface area contributed by atoms with E-state index >= 15 is 0 Å². The highest BCUT2D eigenvalue weighted by Gasteiger charge is 2.21. The number of nitro benzene ring substituents is 1. The highest BCUT2D eigenvalue weighted by molar-refractivity contribution is 5.85. The zero-order chi connectivity index (χ0) is 15.5. The molecule has 0 spiro atoms. The second-order valence-electron chi connectivity index (χ2n) is 5.47. The van der Waals surface area contributed by atoms with E-state index in [0.29, 0.717) is 0 Å². The van der Waals surface area contributed by atoms with Crippen molar-refractivity contribution >= 4 is 17.1 Å². The number of anilines is 2. The maximum Gasteiger partial charge on any atom is 0.292 e. The van der Waals surface area contributed by atoms with Crippen LogP contribution in [0.1, 0.15) is 19.3 Å². The third-order valence-corrected chi connectivity index (χ3v) is 4.01. The first kappa shape index (κ1) is 14.3. The van der Waals surface area contributed by atoms with E-state index in [0.717, 1.165) is 42.7 Å². The van der Waals surface area contributed by atoms with Crippen molar-refractivity contribution in [2.45, 2.75) is 19.3 Å².